The van der Waals surface area contributed by atoms with Crippen molar-refractivity contribution in [3.8, 4) is 5.75 Å². The zero-order chi connectivity index (χ0) is 23.1. The van der Waals surface area contributed by atoms with Crippen molar-refractivity contribution >= 4 is 40.2 Å². The van der Waals surface area contributed by atoms with Crippen LogP contribution >= 0.6 is 11.8 Å². The largest absolute Gasteiger partial charge is 0.507 e. The number of nitrogens with one attached hydrogen (secondary N) is 2. The van der Waals surface area contributed by atoms with Gasteiger partial charge >= 0.3 is 6.09 Å². The summed E-state index contributed by atoms with van der Waals surface area (Å²) in [5.41, 5.74) is 2.80. The van der Waals surface area contributed by atoms with Crippen LogP contribution in [0.1, 0.15) is 18.6 Å². The lowest BCUT2D eigenvalue weighted by Gasteiger charge is -2.24. The van der Waals surface area contributed by atoms with Crippen molar-refractivity contribution in [2.24, 2.45) is 5.92 Å². The van der Waals surface area contributed by atoms with Crippen LogP contribution in [0.2, 0.25) is 0 Å². The van der Waals surface area contributed by atoms with Gasteiger partial charge in [0.25, 0.3) is 5.91 Å². The highest BCUT2D eigenvalue weighted by atomic mass is 32.2. The van der Waals surface area contributed by atoms with Gasteiger partial charge in [0.1, 0.15) is 11.9 Å². The Hall–Kier alpha value is -3.49. The Morgan fingerprint density at radius 1 is 1.03 bits per heavy atom. The van der Waals surface area contributed by atoms with Crippen molar-refractivity contribution in [1.29, 1.82) is 0 Å². The summed E-state index contributed by atoms with van der Waals surface area (Å²) in [6, 6.07) is 17.8. The molecule has 0 fully saturated rings. The van der Waals surface area contributed by atoms with E-state index in [-0.39, 0.29) is 5.75 Å². The van der Waals surface area contributed by atoms with Gasteiger partial charge in [0.05, 0.1) is 0 Å². The molecular weight excluding hydrogens is 428 g/mol. The van der Waals surface area contributed by atoms with Gasteiger partial charge in [-0.1, -0.05) is 43.3 Å². The maximum absolute atomic E-state index is 12.7. The lowest BCUT2D eigenvalue weighted by atomic mass is 9.92. The third kappa shape index (κ3) is 5.60. The maximum Gasteiger partial charge on any atom is 0.412 e. The van der Waals surface area contributed by atoms with Gasteiger partial charge in [0.2, 0.25) is 0 Å². The highest BCUT2D eigenvalue weighted by molar-refractivity contribution is 7.98. The second kappa shape index (κ2) is 10.7. The van der Waals surface area contributed by atoms with Crippen LogP contribution in [0.25, 0.3) is 10.8 Å². The fourth-order valence-electron chi connectivity index (χ4n) is 3.32. The lowest BCUT2D eigenvalue weighted by molar-refractivity contribution is -0.124. The Morgan fingerprint density at radius 2 is 1.72 bits per heavy atom. The normalized spacial score (nSPS) is 13.0. The van der Waals surface area contributed by atoms with E-state index in [1.54, 1.807) is 55.1 Å². The maximum atomic E-state index is 12.7. The molecule has 0 saturated carbocycles. The molecule has 166 valence electrons. The third-order valence-electron chi connectivity index (χ3n) is 4.95. The summed E-state index contributed by atoms with van der Waals surface area (Å²) in [4.78, 5) is 25.2. The number of ether oxygens (including phenoxy) is 1. The first-order valence-corrected chi connectivity index (χ1v) is 11.1. The van der Waals surface area contributed by atoms with Crippen molar-refractivity contribution in [3.63, 3.8) is 0 Å². The number of thioether (sulfide) groups is 1. The molecule has 2 atom stereocenters. The summed E-state index contributed by atoms with van der Waals surface area (Å²) in [6.45, 7) is 1.79. The van der Waals surface area contributed by atoms with Crippen LogP contribution in [-0.2, 0) is 9.53 Å². The quantitative estimate of drug-likeness (QED) is 0.169. The van der Waals surface area contributed by atoms with Gasteiger partial charge in [0.15, 0.2) is 0 Å². The molecule has 3 aromatic carbocycles. The van der Waals surface area contributed by atoms with Gasteiger partial charge in [-0.3, -0.25) is 15.3 Å². The Bertz CT molecular complexity index is 1130. The molecule has 0 aliphatic rings. The molecule has 0 radical (unpaired) electrons. The van der Waals surface area contributed by atoms with Gasteiger partial charge in [-0.05, 0) is 42.0 Å². The van der Waals surface area contributed by atoms with Crippen molar-refractivity contribution in [1.82, 2.24) is 5.48 Å². The summed E-state index contributed by atoms with van der Waals surface area (Å²) in [7, 11) is 0. The second-order valence-electron chi connectivity index (χ2n) is 7.09. The SMILES string of the molecule is CSc1ccc(NC(=O)O[C@H](c2ccc(O)c3ccccc23)[C@H](C)/C=C/C(=O)NO)cc1. The number of anilines is 1. The standard InChI is InChI=1S/C24H24N2O5S/c1-15(7-14-22(28)26-30)23(20-12-13-21(27)19-6-4-3-5-18(19)20)31-24(29)25-16-8-10-17(32-2)11-9-16/h3-15,23,27,30H,1-2H3,(H,25,29)(H,26,28)/b14-7+/t15-,23+/m1/s1. The van der Waals surface area contributed by atoms with Crippen LogP contribution in [0.3, 0.4) is 0 Å². The minimum absolute atomic E-state index is 0.115. The second-order valence-corrected chi connectivity index (χ2v) is 7.97. The number of phenols is 1. The molecule has 0 spiro atoms. The van der Waals surface area contributed by atoms with Crippen LogP contribution in [-0.4, -0.2) is 28.6 Å². The Balaban J connectivity index is 1.92. The monoisotopic (exact) mass is 452 g/mol. The summed E-state index contributed by atoms with van der Waals surface area (Å²) in [5, 5.41) is 23.0. The van der Waals surface area contributed by atoms with Crippen LogP contribution < -0.4 is 10.8 Å². The summed E-state index contributed by atoms with van der Waals surface area (Å²) in [5.74, 6) is -1.00. The molecule has 3 rings (SSSR count). The minimum atomic E-state index is -0.770. The van der Waals surface area contributed by atoms with Crippen molar-refractivity contribution in [2.75, 3.05) is 11.6 Å². The molecule has 0 aromatic heterocycles. The number of carbonyl (C=O) groups excluding carboxylic acids is 2. The molecule has 0 saturated heterocycles. The average Bonchev–Trinajstić information content (AvgIpc) is 2.82. The van der Waals surface area contributed by atoms with Gasteiger partial charge in [-0.25, -0.2) is 10.3 Å². The molecule has 2 amide bonds. The molecule has 8 heteroatoms. The van der Waals surface area contributed by atoms with E-state index in [9.17, 15) is 14.7 Å². The molecule has 3 aromatic rings. The van der Waals surface area contributed by atoms with E-state index in [1.807, 2.05) is 36.6 Å². The van der Waals surface area contributed by atoms with Crippen molar-refractivity contribution in [3.05, 3.63) is 78.4 Å². The number of hydrogen-bond acceptors (Lipinski definition) is 6. The number of phenolic OH excluding ortho intramolecular Hbond substituents is 1. The number of amides is 2. The number of hydroxylamine groups is 1. The molecule has 32 heavy (non-hydrogen) atoms. The number of hydrogen-bond donors (Lipinski definition) is 4. The van der Waals surface area contributed by atoms with Gasteiger partial charge < -0.3 is 9.84 Å². The van der Waals surface area contributed by atoms with Gasteiger partial charge in [-0.15, -0.1) is 11.8 Å². The summed E-state index contributed by atoms with van der Waals surface area (Å²) in [6.07, 6.45) is 3.25. The van der Waals surface area contributed by atoms with Crippen molar-refractivity contribution in [2.45, 2.75) is 17.9 Å². The van der Waals surface area contributed by atoms with E-state index in [1.165, 1.54) is 11.6 Å². The predicted octanol–water partition coefficient (Wildman–Crippen LogP) is 5.25. The number of fused-ring (bicyclic) bond motifs is 1. The lowest BCUT2D eigenvalue weighted by Crippen LogP contribution is -2.22. The Morgan fingerprint density at radius 3 is 2.38 bits per heavy atom. The zero-order valence-corrected chi connectivity index (χ0v) is 18.4. The minimum Gasteiger partial charge on any atom is -0.507 e. The number of benzene rings is 3. The van der Waals surface area contributed by atoms with Crippen LogP contribution in [0, 0.1) is 5.92 Å². The highest BCUT2D eigenvalue weighted by Gasteiger charge is 2.25. The fraction of sp³-hybridized carbons (Fsp3) is 0.167. The van der Waals surface area contributed by atoms with E-state index in [2.05, 4.69) is 5.32 Å². The van der Waals surface area contributed by atoms with Gasteiger partial charge in [0, 0.05) is 33.5 Å². The molecule has 0 aliphatic carbocycles. The molecule has 0 bridgehead atoms. The van der Waals surface area contributed by atoms with E-state index >= 15 is 0 Å². The van der Waals surface area contributed by atoms with E-state index in [4.69, 9.17) is 9.94 Å². The van der Waals surface area contributed by atoms with Crippen LogP contribution in [0.4, 0.5) is 10.5 Å². The van der Waals surface area contributed by atoms with Crippen LogP contribution in [0.15, 0.2) is 77.7 Å². The highest BCUT2D eigenvalue weighted by Crippen LogP contribution is 2.36. The smallest absolute Gasteiger partial charge is 0.412 e. The van der Waals surface area contributed by atoms with Crippen LogP contribution in [0.5, 0.6) is 5.75 Å². The van der Waals surface area contributed by atoms with Crippen molar-refractivity contribution < 1.29 is 24.6 Å². The topological polar surface area (TPSA) is 108 Å². The van der Waals surface area contributed by atoms with E-state index in [0.29, 0.717) is 16.6 Å². The van der Waals surface area contributed by atoms with Gasteiger partial charge in [-0.2, -0.15) is 0 Å². The average molecular weight is 453 g/mol. The third-order valence-corrected chi connectivity index (χ3v) is 5.69. The molecule has 0 aliphatic heterocycles. The van der Waals surface area contributed by atoms with E-state index < -0.39 is 24.0 Å². The number of carbonyl (C=O) groups is 2. The fourth-order valence-corrected chi connectivity index (χ4v) is 3.73. The Kier molecular flexibility index (Phi) is 7.75. The first kappa shape index (κ1) is 23.2. The predicted molar refractivity (Wildman–Crippen MR) is 125 cm³/mol. The molecule has 0 unspecified atom stereocenters. The first-order valence-electron chi connectivity index (χ1n) is 9.87. The summed E-state index contributed by atoms with van der Waals surface area (Å²) < 4.78 is 5.79. The molecule has 4 N–H and O–H groups in total. The number of aromatic hydroxyl groups is 1. The Labute approximate surface area is 190 Å². The van der Waals surface area contributed by atoms with E-state index in [0.717, 1.165) is 10.3 Å². The molecule has 7 nitrogen and oxygen atoms in total. The first-order chi connectivity index (χ1) is 15.4. The molecular formula is C24H24N2O5S. The zero-order valence-electron chi connectivity index (χ0n) is 17.6. The summed E-state index contributed by atoms with van der Waals surface area (Å²) >= 11 is 1.60. The number of rotatable bonds is 7. The molecule has 0 heterocycles.